The second-order valence-corrected chi connectivity index (χ2v) is 13.3. The molecular formula is C44H26N2OS. The highest BCUT2D eigenvalue weighted by Gasteiger charge is 2.19. The molecule has 3 heterocycles. The summed E-state index contributed by atoms with van der Waals surface area (Å²) >= 11 is 1.75. The number of nitrogens with zero attached hydrogens (tertiary/aromatic N) is 2. The maximum absolute atomic E-state index is 6.31. The van der Waals surface area contributed by atoms with E-state index in [1.165, 1.54) is 32.2 Å². The van der Waals surface area contributed by atoms with Crippen molar-refractivity contribution in [1.82, 2.24) is 9.97 Å². The summed E-state index contributed by atoms with van der Waals surface area (Å²) in [7, 11) is 0. The van der Waals surface area contributed by atoms with Crippen LogP contribution in [0.25, 0.3) is 97.9 Å². The van der Waals surface area contributed by atoms with Crippen LogP contribution in [0.3, 0.4) is 0 Å². The Hall–Kier alpha value is -6.10. The fourth-order valence-electron chi connectivity index (χ4n) is 6.83. The van der Waals surface area contributed by atoms with Crippen LogP contribution in [-0.2, 0) is 0 Å². The zero-order valence-electron chi connectivity index (χ0n) is 25.7. The molecule has 3 aromatic heterocycles. The van der Waals surface area contributed by atoms with Crippen molar-refractivity contribution in [3.63, 3.8) is 0 Å². The minimum atomic E-state index is 0.708. The van der Waals surface area contributed by atoms with Crippen LogP contribution in [0.5, 0.6) is 0 Å². The van der Waals surface area contributed by atoms with Gasteiger partial charge in [0.05, 0.1) is 15.9 Å². The Morgan fingerprint density at radius 3 is 1.96 bits per heavy atom. The van der Waals surface area contributed by atoms with Crippen LogP contribution < -0.4 is 0 Å². The molecule has 0 atom stereocenters. The minimum Gasteiger partial charge on any atom is -0.456 e. The molecule has 0 saturated carbocycles. The Labute approximate surface area is 280 Å². The highest BCUT2D eigenvalue weighted by molar-refractivity contribution is 7.26. The number of thiophene rings is 1. The summed E-state index contributed by atoms with van der Waals surface area (Å²) in [6, 6.07) is 55.6. The molecule has 0 bridgehead atoms. The van der Waals surface area contributed by atoms with E-state index in [4.69, 9.17) is 14.4 Å². The first-order valence-electron chi connectivity index (χ1n) is 16.1. The van der Waals surface area contributed by atoms with Gasteiger partial charge in [-0.1, -0.05) is 127 Å². The summed E-state index contributed by atoms with van der Waals surface area (Å²) in [5.74, 6) is 0.708. The third-order valence-corrected chi connectivity index (χ3v) is 10.4. The van der Waals surface area contributed by atoms with E-state index in [9.17, 15) is 0 Å². The molecule has 10 aromatic rings. The Balaban J connectivity index is 1.17. The van der Waals surface area contributed by atoms with E-state index in [0.29, 0.717) is 5.82 Å². The highest BCUT2D eigenvalue weighted by atomic mass is 32.1. The lowest BCUT2D eigenvalue weighted by Crippen LogP contribution is -1.93. The van der Waals surface area contributed by atoms with Crippen molar-refractivity contribution in [1.29, 1.82) is 0 Å². The van der Waals surface area contributed by atoms with Gasteiger partial charge in [0.1, 0.15) is 11.2 Å². The molecule has 48 heavy (non-hydrogen) atoms. The van der Waals surface area contributed by atoms with Crippen molar-refractivity contribution >= 4 is 64.4 Å². The first-order chi connectivity index (χ1) is 23.7. The van der Waals surface area contributed by atoms with Gasteiger partial charge in [-0.25, -0.2) is 9.97 Å². The van der Waals surface area contributed by atoms with Crippen molar-refractivity contribution < 1.29 is 4.42 Å². The monoisotopic (exact) mass is 630 g/mol. The molecule has 10 rings (SSSR count). The largest absolute Gasteiger partial charge is 0.456 e. The van der Waals surface area contributed by atoms with E-state index in [-0.39, 0.29) is 0 Å². The first kappa shape index (κ1) is 27.1. The fourth-order valence-corrected chi connectivity index (χ4v) is 8.02. The molecule has 0 saturated heterocycles. The maximum atomic E-state index is 6.31. The second-order valence-electron chi connectivity index (χ2n) is 12.2. The van der Waals surface area contributed by atoms with Gasteiger partial charge in [-0.05, 0) is 63.4 Å². The topological polar surface area (TPSA) is 38.9 Å². The van der Waals surface area contributed by atoms with E-state index < -0.39 is 0 Å². The van der Waals surface area contributed by atoms with E-state index in [0.717, 1.165) is 59.9 Å². The lowest BCUT2D eigenvalue weighted by Gasteiger charge is -2.08. The van der Waals surface area contributed by atoms with Gasteiger partial charge in [0.25, 0.3) is 0 Å². The molecule has 0 fully saturated rings. The Morgan fingerprint density at radius 2 is 1.06 bits per heavy atom. The molecular weight excluding hydrogens is 605 g/mol. The van der Waals surface area contributed by atoms with Gasteiger partial charge in [0, 0.05) is 32.0 Å². The van der Waals surface area contributed by atoms with Gasteiger partial charge in [-0.15, -0.1) is 11.3 Å². The second kappa shape index (κ2) is 10.7. The summed E-state index contributed by atoms with van der Waals surface area (Å²) < 4.78 is 8.57. The van der Waals surface area contributed by atoms with Crippen LogP contribution >= 0.6 is 11.3 Å². The lowest BCUT2D eigenvalue weighted by atomic mass is 10.0. The minimum absolute atomic E-state index is 0.708. The highest BCUT2D eigenvalue weighted by Crippen LogP contribution is 2.42. The molecule has 0 N–H and O–H groups in total. The third kappa shape index (κ3) is 4.42. The molecule has 0 radical (unpaired) electrons. The molecule has 0 amide bonds. The number of benzene rings is 7. The smallest absolute Gasteiger partial charge is 0.160 e. The van der Waals surface area contributed by atoms with Crippen LogP contribution in [0.2, 0.25) is 0 Å². The van der Waals surface area contributed by atoms with Gasteiger partial charge in [0.2, 0.25) is 0 Å². The summed E-state index contributed by atoms with van der Waals surface area (Å²) in [5.41, 5.74) is 10.4. The number of aromatic nitrogens is 2. The first-order valence-corrected chi connectivity index (χ1v) is 16.9. The number of hydrogen-bond donors (Lipinski definition) is 0. The molecule has 0 spiro atoms. The van der Waals surface area contributed by atoms with Crippen LogP contribution in [0.1, 0.15) is 0 Å². The van der Waals surface area contributed by atoms with Crippen molar-refractivity contribution in [3.8, 4) is 44.9 Å². The van der Waals surface area contributed by atoms with E-state index in [1.54, 1.807) is 11.3 Å². The van der Waals surface area contributed by atoms with Gasteiger partial charge in [-0.3, -0.25) is 0 Å². The number of para-hydroxylation sites is 1. The number of fused-ring (bicyclic) bond motifs is 7. The van der Waals surface area contributed by atoms with Crippen molar-refractivity contribution in [2.24, 2.45) is 0 Å². The lowest BCUT2D eigenvalue weighted by molar-refractivity contribution is 0.669. The summed E-state index contributed by atoms with van der Waals surface area (Å²) in [4.78, 5) is 10.5. The summed E-state index contributed by atoms with van der Waals surface area (Å²) in [5, 5.41) is 5.84. The van der Waals surface area contributed by atoms with Gasteiger partial charge in [-0.2, -0.15) is 0 Å². The molecule has 0 aliphatic heterocycles. The molecule has 0 aliphatic carbocycles. The zero-order valence-corrected chi connectivity index (χ0v) is 26.5. The Kier molecular flexibility index (Phi) is 6.05. The van der Waals surface area contributed by atoms with Gasteiger partial charge < -0.3 is 4.42 Å². The predicted molar refractivity (Wildman–Crippen MR) is 201 cm³/mol. The van der Waals surface area contributed by atoms with Gasteiger partial charge in [0.15, 0.2) is 5.82 Å². The SMILES string of the molecule is c1ccc(-c2ccc(-c3nc(-c4ccc5c(c4)oc4ccccc45)c4sc5cc(-c6ccc7ccccc7c6)ccc5c4n3)cc2)cc1. The van der Waals surface area contributed by atoms with Crippen LogP contribution in [-0.4, -0.2) is 9.97 Å². The van der Waals surface area contributed by atoms with E-state index in [1.807, 2.05) is 18.2 Å². The van der Waals surface area contributed by atoms with Gasteiger partial charge >= 0.3 is 0 Å². The predicted octanol–water partition coefficient (Wildman–Crippen LogP) is 12.6. The maximum Gasteiger partial charge on any atom is 0.160 e. The van der Waals surface area contributed by atoms with Crippen molar-refractivity contribution in [2.75, 3.05) is 0 Å². The molecule has 3 nitrogen and oxygen atoms in total. The number of hydrogen-bond acceptors (Lipinski definition) is 4. The molecule has 0 aliphatic rings. The van der Waals surface area contributed by atoms with Crippen LogP contribution in [0.15, 0.2) is 162 Å². The van der Waals surface area contributed by atoms with E-state index >= 15 is 0 Å². The quantitative estimate of drug-likeness (QED) is 0.194. The van der Waals surface area contributed by atoms with Crippen molar-refractivity contribution in [3.05, 3.63) is 158 Å². The average Bonchev–Trinajstić information content (AvgIpc) is 3.72. The standard InChI is InChI=1S/C44H26N2OS/c1-2-8-27(9-3-1)29-14-17-30(18-15-29)44-45-41(34-21-22-36-35-12-6-7-13-38(35)47-39(36)25-34)43-42(46-44)37-23-20-33(26-40(37)48-43)32-19-16-28-10-4-5-11-31(28)24-32/h1-26H. The van der Waals surface area contributed by atoms with Crippen LogP contribution in [0, 0.1) is 0 Å². The Morgan fingerprint density at radius 1 is 0.417 bits per heavy atom. The van der Waals surface area contributed by atoms with E-state index in [2.05, 4.69) is 140 Å². The summed E-state index contributed by atoms with van der Waals surface area (Å²) in [6.07, 6.45) is 0. The number of furan rings is 1. The third-order valence-electron chi connectivity index (χ3n) is 9.30. The van der Waals surface area contributed by atoms with Crippen molar-refractivity contribution in [2.45, 2.75) is 0 Å². The summed E-state index contributed by atoms with van der Waals surface area (Å²) in [6.45, 7) is 0. The molecule has 7 aromatic carbocycles. The zero-order chi connectivity index (χ0) is 31.6. The molecule has 0 unspecified atom stereocenters. The average molecular weight is 631 g/mol. The Bertz CT molecular complexity index is 2830. The van der Waals surface area contributed by atoms with Crippen LogP contribution in [0.4, 0.5) is 0 Å². The molecule has 4 heteroatoms. The number of rotatable bonds is 4. The molecule has 224 valence electrons. The normalized spacial score (nSPS) is 11.8. The fraction of sp³-hybridized carbons (Fsp3) is 0.